The molecule has 0 aliphatic rings. The number of unbranched alkanes of at least 4 members (excludes halogenated alkanes) is 1. The highest BCUT2D eigenvalue weighted by Crippen LogP contribution is 2.11. The molecule has 0 amide bonds. The van der Waals surface area contributed by atoms with Gasteiger partial charge in [0.05, 0.1) is 17.9 Å². The summed E-state index contributed by atoms with van der Waals surface area (Å²) in [6.07, 6.45) is 4.91. The fourth-order valence-electron chi connectivity index (χ4n) is 1.54. The average molecular weight is 319 g/mol. The summed E-state index contributed by atoms with van der Waals surface area (Å²) < 4.78 is 0. The first kappa shape index (κ1) is 23.2. The zero-order valence-electron chi connectivity index (χ0n) is 15.3. The Morgan fingerprint density at radius 2 is 1.87 bits per heavy atom. The van der Waals surface area contributed by atoms with E-state index in [0.29, 0.717) is 18.5 Å². The third-order valence-electron chi connectivity index (χ3n) is 3.07. The Kier molecular flexibility index (Phi) is 15.0. The number of nitrogens with two attached hydrogens (primary N) is 2. The van der Waals surface area contributed by atoms with Crippen molar-refractivity contribution in [2.45, 2.75) is 54.0 Å². The molecule has 0 unspecified atom stereocenters. The molecular formula is C19H33N3O. The van der Waals surface area contributed by atoms with Crippen LogP contribution in [0.4, 0.5) is 0 Å². The predicted molar refractivity (Wildman–Crippen MR) is 100 cm³/mol. The number of rotatable bonds is 6. The molecular weight excluding hydrogens is 286 g/mol. The van der Waals surface area contributed by atoms with E-state index < -0.39 is 0 Å². The van der Waals surface area contributed by atoms with Crippen LogP contribution in [-0.4, -0.2) is 11.3 Å². The summed E-state index contributed by atoms with van der Waals surface area (Å²) in [6.45, 7) is 14.0. The summed E-state index contributed by atoms with van der Waals surface area (Å²) in [4.78, 5) is 10.5. The lowest BCUT2D eigenvalue weighted by Gasteiger charge is -2.21. The van der Waals surface area contributed by atoms with Crippen LogP contribution >= 0.6 is 0 Å². The highest BCUT2D eigenvalue weighted by Gasteiger charge is 2.06. The Bertz CT molecular complexity index is 481. The molecule has 4 N–H and O–H groups in total. The maximum absolute atomic E-state index is 10.5. The summed E-state index contributed by atoms with van der Waals surface area (Å²) in [6, 6.07) is 7.95. The molecule has 0 atom stereocenters. The summed E-state index contributed by atoms with van der Waals surface area (Å²) in [7, 11) is 0. The van der Waals surface area contributed by atoms with Crippen molar-refractivity contribution in [2.24, 2.45) is 11.6 Å². The minimum Gasteiger partial charge on any atom is -0.395 e. The van der Waals surface area contributed by atoms with Gasteiger partial charge in [0.1, 0.15) is 0 Å². The van der Waals surface area contributed by atoms with Crippen LogP contribution in [-0.2, 0) is 11.3 Å². The zero-order valence-corrected chi connectivity index (χ0v) is 15.3. The van der Waals surface area contributed by atoms with E-state index in [1.807, 2.05) is 51.1 Å². The second kappa shape index (κ2) is 14.9. The van der Waals surface area contributed by atoms with Gasteiger partial charge < -0.3 is 10.7 Å². The fourth-order valence-corrected chi connectivity index (χ4v) is 1.54. The van der Waals surface area contributed by atoms with Gasteiger partial charge in [0, 0.05) is 0 Å². The van der Waals surface area contributed by atoms with Crippen molar-refractivity contribution in [3.05, 3.63) is 59.4 Å². The number of carbonyl (C=O) groups excluding carboxylic acids is 1. The maximum Gasteiger partial charge on any atom is 0.167 e. The van der Waals surface area contributed by atoms with Gasteiger partial charge in [-0.1, -0.05) is 57.5 Å². The summed E-state index contributed by atoms with van der Waals surface area (Å²) in [5.41, 5.74) is 8.52. The van der Waals surface area contributed by atoms with Crippen molar-refractivity contribution in [3.8, 4) is 0 Å². The molecule has 0 spiro atoms. The lowest BCUT2D eigenvalue weighted by molar-refractivity contribution is -0.105. The molecule has 0 bridgehead atoms. The van der Waals surface area contributed by atoms with Gasteiger partial charge in [0.15, 0.2) is 6.29 Å². The Balaban J connectivity index is 0. The van der Waals surface area contributed by atoms with Crippen molar-refractivity contribution in [3.63, 3.8) is 0 Å². The van der Waals surface area contributed by atoms with E-state index in [4.69, 9.17) is 11.6 Å². The molecule has 0 aromatic heterocycles. The number of aldehydes is 1. The van der Waals surface area contributed by atoms with E-state index in [0.717, 1.165) is 17.5 Å². The van der Waals surface area contributed by atoms with Crippen molar-refractivity contribution < 1.29 is 4.79 Å². The van der Waals surface area contributed by atoms with E-state index >= 15 is 0 Å². The smallest absolute Gasteiger partial charge is 0.167 e. The molecule has 0 radical (unpaired) electrons. The van der Waals surface area contributed by atoms with Crippen molar-refractivity contribution >= 4 is 6.29 Å². The first-order valence-corrected chi connectivity index (χ1v) is 8.07. The van der Waals surface area contributed by atoms with Gasteiger partial charge in [0.2, 0.25) is 0 Å². The second-order valence-electron chi connectivity index (χ2n) is 4.79. The van der Waals surface area contributed by atoms with Crippen LogP contribution in [0.3, 0.4) is 0 Å². The molecule has 130 valence electrons. The Morgan fingerprint density at radius 3 is 2.26 bits per heavy atom. The standard InChI is InChI=1S/C12H17N3O.C5H10.C2H6/c1-9-5-3-4-6-11(9)7-15(14)10(2)12(13)8-16;1-3-5-4-2;1-2/h3-6,8H,7,13-14H2,1-2H3;3H,1,4-5H2,2H3;1-2H3/b12-10-;;. The van der Waals surface area contributed by atoms with Gasteiger partial charge in [0.25, 0.3) is 0 Å². The van der Waals surface area contributed by atoms with Gasteiger partial charge in [-0.2, -0.15) is 0 Å². The lowest BCUT2D eigenvalue weighted by Crippen LogP contribution is -2.31. The van der Waals surface area contributed by atoms with Crippen molar-refractivity contribution in [1.82, 2.24) is 5.01 Å². The van der Waals surface area contributed by atoms with Gasteiger partial charge >= 0.3 is 0 Å². The maximum atomic E-state index is 10.5. The molecule has 1 aromatic carbocycles. The van der Waals surface area contributed by atoms with Gasteiger partial charge in [-0.25, -0.2) is 5.84 Å². The number of hydrazine groups is 1. The average Bonchev–Trinajstić information content (AvgIpc) is 2.58. The SMILES string of the molecule is C/C(=C(/N)C=O)N(N)Cc1ccccc1C.C=CCCC.CC. The summed E-state index contributed by atoms with van der Waals surface area (Å²) in [5, 5.41) is 1.48. The first-order chi connectivity index (χ1) is 11.0. The molecule has 0 fully saturated rings. The van der Waals surface area contributed by atoms with E-state index in [-0.39, 0.29) is 5.70 Å². The Morgan fingerprint density at radius 1 is 1.30 bits per heavy atom. The number of benzene rings is 1. The summed E-state index contributed by atoms with van der Waals surface area (Å²) >= 11 is 0. The number of hydrogen-bond donors (Lipinski definition) is 2. The lowest BCUT2D eigenvalue weighted by atomic mass is 10.1. The number of aryl methyl sites for hydroxylation is 1. The minimum atomic E-state index is 0.163. The van der Waals surface area contributed by atoms with E-state index in [9.17, 15) is 4.79 Å². The molecule has 1 aromatic rings. The normalized spacial score (nSPS) is 10.2. The van der Waals surface area contributed by atoms with E-state index in [2.05, 4.69) is 13.5 Å². The van der Waals surface area contributed by atoms with E-state index in [1.54, 1.807) is 6.92 Å². The minimum absolute atomic E-state index is 0.163. The van der Waals surface area contributed by atoms with Crippen LogP contribution < -0.4 is 11.6 Å². The first-order valence-electron chi connectivity index (χ1n) is 8.07. The van der Waals surface area contributed by atoms with Crippen LogP contribution in [0.5, 0.6) is 0 Å². The van der Waals surface area contributed by atoms with Gasteiger partial charge in [-0.05, 0) is 31.4 Å². The Hall–Kier alpha value is -2.07. The molecule has 0 heterocycles. The van der Waals surface area contributed by atoms with Gasteiger partial charge in [-0.3, -0.25) is 4.79 Å². The molecule has 4 nitrogen and oxygen atoms in total. The van der Waals surface area contributed by atoms with Crippen molar-refractivity contribution in [1.29, 1.82) is 0 Å². The number of hydrogen-bond acceptors (Lipinski definition) is 4. The number of allylic oxidation sites excluding steroid dienone is 3. The third kappa shape index (κ3) is 10.3. The van der Waals surface area contributed by atoms with Crippen molar-refractivity contribution in [2.75, 3.05) is 0 Å². The van der Waals surface area contributed by atoms with Crippen LogP contribution in [0.25, 0.3) is 0 Å². The number of nitrogens with zero attached hydrogens (tertiary/aromatic N) is 1. The molecule has 4 heteroatoms. The van der Waals surface area contributed by atoms with Crippen LogP contribution in [0, 0.1) is 6.92 Å². The zero-order chi connectivity index (χ0) is 18.3. The van der Waals surface area contributed by atoms with E-state index in [1.165, 1.54) is 11.4 Å². The molecule has 0 aliphatic carbocycles. The quantitative estimate of drug-likeness (QED) is 0.273. The second-order valence-corrected chi connectivity index (χ2v) is 4.79. The predicted octanol–water partition coefficient (Wildman–Crippen LogP) is 4.06. The molecule has 0 aliphatic heterocycles. The highest BCUT2D eigenvalue weighted by atomic mass is 16.1. The molecule has 23 heavy (non-hydrogen) atoms. The molecule has 1 rings (SSSR count). The molecule has 0 saturated heterocycles. The monoisotopic (exact) mass is 319 g/mol. The van der Waals surface area contributed by atoms with Gasteiger partial charge in [-0.15, -0.1) is 6.58 Å². The number of carbonyl (C=O) groups is 1. The topological polar surface area (TPSA) is 72.4 Å². The van der Waals surface area contributed by atoms with Crippen LogP contribution in [0.2, 0.25) is 0 Å². The third-order valence-corrected chi connectivity index (χ3v) is 3.07. The largest absolute Gasteiger partial charge is 0.395 e. The van der Waals surface area contributed by atoms with Crippen LogP contribution in [0.1, 0.15) is 51.7 Å². The van der Waals surface area contributed by atoms with Crippen LogP contribution in [0.15, 0.2) is 48.3 Å². The summed E-state index contributed by atoms with van der Waals surface area (Å²) in [5.74, 6) is 5.83. The highest BCUT2D eigenvalue weighted by molar-refractivity contribution is 5.72. The fraction of sp³-hybridized carbons (Fsp3) is 0.421. The molecule has 0 saturated carbocycles. The Labute approximate surface area is 141 Å².